The molecule has 8 nitrogen and oxygen atoms in total. The van der Waals surface area contributed by atoms with Crippen LogP contribution in [0.4, 0.5) is 0 Å². The number of carbonyl (C=O) groups is 2. The molecule has 0 aliphatic carbocycles. The van der Waals surface area contributed by atoms with Gasteiger partial charge in [0, 0.05) is 50.4 Å². The number of aliphatic hydroxyl groups is 1. The fourth-order valence-electron chi connectivity index (χ4n) is 5.12. The Labute approximate surface area is 214 Å². The molecule has 2 aliphatic heterocycles. The van der Waals surface area contributed by atoms with Crippen LogP contribution in [0, 0.1) is 11.3 Å². The van der Waals surface area contributed by atoms with Gasteiger partial charge in [0.2, 0.25) is 5.91 Å². The zero-order valence-corrected chi connectivity index (χ0v) is 21.7. The molecule has 1 saturated heterocycles. The molecule has 0 saturated carbocycles. The monoisotopic (exact) mass is 493 g/mol. The number of nitrogens with one attached hydrogen (secondary N) is 1. The molecule has 0 bridgehead atoms. The fourth-order valence-corrected chi connectivity index (χ4v) is 5.12. The quantitative estimate of drug-likeness (QED) is 0.615. The molecule has 0 unspecified atom stereocenters. The summed E-state index contributed by atoms with van der Waals surface area (Å²) in [6, 6.07) is 10.2. The second-order valence-electron chi connectivity index (χ2n) is 11.2. The summed E-state index contributed by atoms with van der Waals surface area (Å²) >= 11 is 0. The van der Waals surface area contributed by atoms with Gasteiger partial charge >= 0.3 is 0 Å². The Morgan fingerprint density at radius 3 is 2.56 bits per heavy atom. The first-order chi connectivity index (χ1) is 17.2. The molecule has 2 N–H and O–H groups in total. The van der Waals surface area contributed by atoms with Crippen molar-refractivity contribution in [2.45, 2.75) is 59.1 Å². The molecule has 1 atom stereocenters. The second kappa shape index (κ2) is 11.5. The summed E-state index contributed by atoms with van der Waals surface area (Å²) in [5, 5.41) is 13.3. The van der Waals surface area contributed by atoms with E-state index in [0.29, 0.717) is 18.2 Å². The third-order valence-electron chi connectivity index (χ3n) is 7.17. The van der Waals surface area contributed by atoms with Gasteiger partial charge in [-0.2, -0.15) is 0 Å². The number of likely N-dealkylation sites (tertiary alicyclic amines) is 1. The lowest BCUT2D eigenvalue weighted by Crippen LogP contribution is -2.44. The second-order valence-corrected chi connectivity index (χ2v) is 11.2. The lowest BCUT2D eigenvalue weighted by molar-refractivity contribution is -0.140. The maximum Gasteiger partial charge on any atom is 0.270 e. The van der Waals surface area contributed by atoms with Crippen LogP contribution in [0.15, 0.2) is 36.7 Å². The fraction of sp³-hybridized carbons (Fsp3) is 0.571. The molecule has 8 heteroatoms. The van der Waals surface area contributed by atoms with E-state index in [4.69, 9.17) is 0 Å². The molecule has 3 heterocycles. The van der Waals surface area contributed by atoms with Gasteiger partial charge in [-0.25, -0.2) is 9.97 Å². The number of rotatable bonds is 7. The Bertz CT molecular complexity index is 1060. The number of nitrogens with zero attached hydrogens (tertiary/aromatic N) is 4. The highest BCUT2D eigenvalue weighted by Crippen LogP contribution is 2.25. The highest BCUT2D eigenvalue weighted by molar-refractivity contribution is 5.92. The van der Waals surface area contributed by atoms with E-state index in [9.17, 15) is 14.7 Å². The number of hydrogen-bond acceptors (Lipinski definition) is 6. The molecule has 2 aromatic rings. The van der Waals surface area contributed by atoms with Crippen molar-refractivity contribution in [1.82, 2.24) is 25.1 Å². The molecule has 1 aromatic heterocycles. The van der Waals surface area contributed by atoms with E-state index in [-0.39, 0.29) is 23.8 Å². The first-order valence-corrected chi connectivity index (χ1v) is 13.0. The van der Waals surface area contributed by atoms with E-state index in [0.717, 1.165) is 57.6 Å². The van der Waals surface area contributed by atoms with Crippen LogP contribution >= 0.6 is 0 Å². The van der Waals surface area contributed by atoms with Gasteiger partial charge < -0.3 is 15.3 Å². The Balaban J connectivity index is 1.22. The van der Waals surface area contributed by atoms with Crippen LogP contribution in [0.5, 0.6) is 0 Å². The summed E-state index contributed by atoms with van der Waals surface area (Å²) in [7, 11) is 0. The highest BCUT2D eigenvalue weighted by atomic mass is 16.3. The summed E-state index contributed by atoms with van der Waals surface area (Å²) in [5.74, 6) is 0.331. The van der Waals surface area contributed by atoms with E-state index in [1.165, 1.54) is 17.5 Å². The van der Waals surface area contributed by atoms with Crippen LogP contribution in [0.3, 0.4) is 0 Å². The molecule has 2 aliphatic rings. The van der Waals surface area contributed by atoms with Gasteiger partial charge in [0.05, 0.1) is 6.10 Å². The van der Waals surface area contributed by atoms with Gasteiger partial charge in [-0.15, -0.1) is 0 Å². The van der Waals surface area contributed by atoms with Crippen molar-refractivity contribution in [3.8, 4) is 0 Å². The lowest BCUT2D eigenvalue weighted by atomic mass is 9.89. The number of β-amino-alcohol motifs (C(OH)–C–C–N with tert-alkyl or cyclic N) is 1. The van der Waals surface area contributed by atoms with E-state index in [1.807, 2.05) is 31.7 Å². The van der Waals surface area contributed by atoms with Crippen molar-refractivity contribution in [3.05, 3.63) is 59.2 Å². The standard InChI is InChI=1S/C28H39N5O3/c1-28(2,3)27(36)33-12-8-20(9-13-33)14-23-15-25(31-19-30-23)26(35)29-16-24(34)18-32-11-10-21-6-4-5-7-22(21)17-32/h4-7,15,19-20,24,34H,8-14,16-18H2,1-3H3,(H,29,35)/t24-/m0/s1. The van der Waals surface area contributed by atoms with Crippen molar-refractivity contribution in [2.75, 3.05) is 32.7 Å². The minimum atomic E-state index is -0.651. The number of hydrogen-bond donors (Lipinski definition) is 2. The highest BCUT2D eigenvalue weighted by Gasteiger charge is 2.30. The van der Waals surface area contributed by atoms with Crippen LogP contribution in [0.1, 0.15) is 60.9 Å². The van der Waals surface area contributed by atoms with Crippen molar-refractivity contribution in [3.63, 3.8) is 0 Å². The first-order valence-electron chi connectivity index (χ1n) is 13.0. The van der Waals surface area contributed by atoms with Gasteiger partial charge in [-0.3, -0.25) is 14.5 Å². The van der Waals surface area contributed by atoms with E-state index in [2.05, 4.69) is 38.4 Å². The molecule has 4 rings (SSSR count). The maximum absolute atomic E-state index is 12.7. The molecule has 1 fully saturated rings. The number of fused-ring (bicyclic) bond motifs is 1. The van der Waals surface area contributed by atoms with Crippen LogP contribution in [0.25, 0.3) is 0 Å². The van der Waals surface area contributed by atoms with Crippen LogP contribution < -0.4 is 5.32 Å². The van der Waals surface area contributed by atoms with Crippen LogP contribution in [0.2, 0.25) is 0 Å². The predicted molar refractivity (Wildman–Crippen MR) is 138 cm³/mol. The summed E-state index contributed by atoms with van der Waals surface area (Å²) in [6.45, 7) is 9.82. The van der Waals surface area contributed by atoms with Crippen molar-refractivity contribution in [1.29, 1.82) is 0 Å². The molecular weight excluding hydrogens is 454 g/mol. The minimum Gasteiger partial charge on any atom is -0.390 e. The SMILES string of the molecule is CC(C)(C)C(=O)N1CCC(Cc2cc(C(=O)NC[C@H](O)CN3CCc4ccccc4C3)ncn2)CC1. The average molecular weight is 494 g/mol. The molecule has 0 spiro atoms. The van der Waals surface area contributed by atoms with Crippen molar-refractivity contribution in [2.24, 2.45) is 11.3 Å². The largest absolute Gasteiger partial charge is 0.390 e. The summed E-state index contributed by atoms with van der Waals surface area (Å²) < 4.78 is 0. The molecule has 2 amide bonds. The van der Waals surface area contributed by atoms with Gasteiger partial charge in [-0.1, -0.05) is 45.0 Å². The van der Waals surface area contributed by atoms with Gasteiger partial charge in [0.15, 0.2) is 0 Å². The number of carbonyl (C=O) groups excluding carboxylic acids is 2. The Morgan fingerprint density at radius 2 is 1.83 bits per heavy atom. The normalized spacial score (nSPS) is 17.9. The number of aliphatic hydroxyl groups excluding tert-OH is 1. The van der Waals surface area contributed by atoms with E-state index in [1.54, 1.807) is 6.07 Å². The third kappa shape index (κ3) is 6.89. The van der Waals surface area contributed by atoms with Gasteiger partial charge in [0.1, 0.15) is 12.0 Å². The Kier molecular flexibility index (Phi) is 8.36. The molecule has 1 aromatic carbocycles. The molecular formula is C28H39N5O3. The topological polar surface area (TPSA) is 98.7 Å². The number of amides is 2. The minimum absolute atomic E-state index is 0.177. The van der Waals surface area contributed by atoms with Gasteiger partial charge in [0.25, 0.3) is 5.91 Å². The Morgan fingerprint density at radius 1 is 1.11 bits per heavy atom. The zero-order chi connectivity index (χ0) is 25.7. The predicted octanol–water partition coefficient (Wildman–Crippen LogP) is 2.45. The average Bonchev–Trinajstić information content (AvgIpc) is 2.87. The number of benzene rings is 1. The van der Waals surface area contributed by atoms with Crippen molar-refractivity contribution >= 4 is 11.8 Å². The zero-order valence-electron chi connectivity index (χ0n) is 21.7. The van der Waals surface area contributed by atoms with Crippen molar-refractivity contribution < 1.29 is 14.7 Å². The summed E-state index contributed by atoms with van der Waals surface area (Å²) in [4.78, 5) is 37.9. The molecule has 194 valence electrons. The summed E-state index contributed by atoms with van der Waals surface area (Å²) in [6.07, 6.45) is 4.39. The number of piperidine rings is 1. The van der Waals surface area contributed by atoms with Crippen LogP contribution in [-0.4, -0.2) is 75.5 Å². The third-order valence-corrected chi connectivity index (χ3v) is 7.17. The maximum atomic E-state index is 12.7. The van der Waals surface area contributed by atoms with Gasteiger partial charge in [-0.05, 0) is 48.8 Å². The number of aromatic nitrogens is 2. The van der Waals surface area contributed by atoms with Crippen LogP contribution in [-0.2, 0) is 24.2 Å². The van der Waals surface area contributed by atoms with E-state index < -0.39 is 6.10 Å². The first kappa shape index (κ1) is 26.2. The lowest BCUT2D eigenvalue weighted by Gasteiger charge is -2.35. The molecule has 0 radical (unpaired) electrons. The molecule has 36 heavy (non-hydrogen) atoms. The Hall–Kier alpha value is -2.84. The summed E-state index contributed by atoms with van der Waals surface area (Å²) in [5.41, 5.74) is 3.48. The smallest absolute Gasteiger partial charge is 0.270 e. The van der Waals surface area contributed by atoms with E-state index >= 15 is 0 Å².